The van der Waals surface area contributed by atoms with E-state index in [1.165, 1.54) is 0 Å². The maximum absolute atomic E-state index is 12.7. The Morgan fingerprint density at radius 1 is 1.12 bits per heavy atom. The van der Waals surface area contributed by atoms with E-state index < -0.39 is 0 Å². The van der Waals surface area contributed by atoms with Crippen molar-refractivity contribution in [1.82, 2.24) is 19.9 Å². The number of nitrogens with one attached hydrogen (secondary N) is 1. The van der Waals surface area contributed by atoms with Gasteiger partial charge in [0.05, 0.1) is 37.4 Å². The molecule has 0 saturated carbocycles. The largest absolute Gasteiger partial charge is 0.493 e. The summed E-state index contributed by atoms with van der Waals surface area (Å²) in [7, 11) is 3.23. The Morgan fingerprint density at radius 2 is 2.00 bits per heavy atom. The van der Waals surface area contributed by atoms with Gasteiger partial charge in [0, 0.05) is 37.8 Å². The van der Waals surface area contributed by atoms with Crippen molar-refractivity contribution < 1.29 is 13.9 Å². The molecular weight excluding hydrogens is 420 g/mol. The fourth-order valence-corrected chi connectivity index (χ4v) is 4.09. The summed E-state index contributed by atoms with van der Waals surface area (Å²) in [6, 6.07) is 13.4. The fourth-order valence-electron chi connectivity index (χ4n) is 4.09. The van der Waals surface area contributed by atoms with Crippen LogP contribution in [0.2, 0.25) is 0 Å². The molecule has 33 heavy (non-hydrogen) atoms. The van der Waals surface area contributed by atoms with Crippen molar-refractivity contribution >= 4 is 0 Å². The van der Waals surface area contributed by atoms with Crippen LogP contribution in [0.4, 0.5) is 0 Å². The number of furan rings is 1. The van der Waals surface area contributed by atoms with E-state index in [0.717, 1.165) is 29.1 Å². The predicted molar refractivity (Wildman–Crippen MR) is 123 cm³/mol. The smallest absolute Gasteiger partial charge is 0.256 e. The summed E-state index contributed by atoms with van der Waals surface area (Å²) < 4.78 is 16.1. The van der Waals surface area contributed by atoms with Crippen molar-refractivity contribution in [3.63, 3.8) is 0 Å². The maximum atomic E-state index is 12.7. The molecule has 1 N–H and O–H groups in total. The number of fused-ring (bicyclic) bond motifs is 1. The van der Waals surface area contributed by atoms with E-state index in [-0.39, 0.29) is 5.56 Å². The zero-order chi connectivity index (χ0) is 22.8. The van der Waals surface area contributed by atoms with Crippen molar-refractivity contribution in [3.8, 4) is 34.3 Å². The van der Waals surface area contributed by atoms with Gasteiger partial charge in [0.2, 0.25) is 0 Å². The second-order valence-corrected chi connectivity index (χ2v) is 7.90. The minimum Gasteiger partial charge on any atom is -0.493 e. The summed E-state index contributed by atoms with van der Waals surface area (Å²) in [5.74, 6) is 2.40. The van der Waals surface area contributed by atoms with Gasteiger partial charge in [0.1, 0.15) is 0 Å². The average Bonchev–Trinajstić information content (AvgIpc) is 3.39. The van der Waals surface area contributed by atoms with Crippen LogP contribution in [0.15, 0.2) is 64.1 Å². The summed E-state index contributed by atoms with van der Waals surface area (Å²) in [6.07, 6.45) is 4.16. The van der Waals surface area contributed by atoms with E-state index in [0.29, 0.717) is 48.2 Å². The molecule has 1 aromatic carbocycles. The number of benzene rings is 1. The normalized spacial score (nSPS) is 13.5. The van der Waals surface area contributed by atoms with E-state index in [9.17, 15) is 4.79 Å². The number of hydrogen-bond donors (Lipinski definition) is 1. The zero-order valence-electron chi connectivity index (χ0n) is 18.5. The Balaban J connectivity index is 1.30. The lowest BCUT2D eigenvalue weighted by Crippen LogP contribution is -2.35. The predicted octanol–water partition coefficient (Wildman–Crippen LogP) is 3.67. The minimum atomic E-state index is -0.113. The SMILES string of the molecule is COc1ccc(-c2ccc(CN3CCc4nc(-c5ccco5)[nH]c(=O)c4C3)cn2)cc1OC. The zero-order valence-corrected chi connectivity index (χ0v) is 18.5. The first-order valence-corrected chi connectivity index (χ1v) is 10.7. The molecule has 4 aromatic rings. The fraction of sp³-hybridized carbons (Fsp3) is 0.240. The lowest BCUT2D eigenvalue weighted by molar-refractivity contribution is 0.241. The average molecular weight is 444 g/mol. The van der Waals surface area contributed by atoms with Crippen LogP contribution >= 0.6 is 0 Å². The van der Waals surface area contributed by atoms with Crippen LogP contribution in [-0.2, 0) is 19.5 Å². The van der Waals surface area contributed by atoms with Gasteiger partial charge in [-0.25, -0.2) is 4.98 Å². The van der Waals surface area contributed by atoms with Gasteiger partial charge in [0.25, 0.3) is 5.56 Å². The van der Waals surface area contributed by atoms with E-state index in [1.54, 1.807) is 32.6 Å². The molecule has 0 radical (unpaired) electrons. The molecule has 0 aliphatic carbocycles. The van der Waals surface area contributed by atoms with E-state index >= 15 is 0 Å². The van der Waals surface area contributed by atoms with Crippen molar-refractivity contribution in [1.29, 1.82) is 0 Å². The molecule has 8 heteroatoms. The summed E-state index contributed by atoms with van der Waals surface area (Å²) in [5.41, 5.74) is 4.33. The van der Waals surface area contributed by atoms with Crippen LogP contribution in [0, 0.1) is 0 Å². The molecule has 168 valence electrons. The molecule has 4 heterocycles. The Labute approximate surface area is 190 Å². The molecule has 0 bridgehead atoms. The molecule has 0 amide bonds. The Hall–Kier alpha value is -3.91. The molecule has 0 fully saturated rings. The van der Waals surface area contributed by atoms with Gasteiger partial charge >= 0.3 is 0 Å². The van der Waals surface area contributed by atoms with Crippen LogP contribution < -0.4 is 15.0 Å². The van der Waals surface area contributed by atoms with E-state index in [1.807, 2.05) is 30.5 Å². The lowest BCUT2D eigenvalue weighted by atomic mass is 10.1. The van der Waals surface area contributed by atoms with Crippen molar-refractivity contribution in [2.45, 2.75) is 19.5 Å². The van der Waals surface area contributed by atoms with Gasteiger partial charge < -0.3 is 18.9 Å². The lowest BCUT2D eigenvalue weighted by Gasteiger charge is -2.27. The molecule has 0 unspecified atom stereocenters. The molecule has 5 rings (SSSR count). The summed E-state index contributed by atoms with van der Waals surface area (Å²) in [4.78, 5) is 27.0. The molecule has 0 saturated heterocycles. The number of pyridine rings is 1. The summed E-state index contributed by atoms with van der Waals surface area (Å²) >= 11 is 0. The molecule has 0 spiro atoms. The molecular formula is C25H24N4O4. The highest BCUT2D eigenvalue weighted by Gasteiger charge is 2.22. The van der Waals surface area contributed by atoms with Gasteiger partial charge in [-0.3, -0.25) is 14.7 Å². The van der Waals surface area contributed by atoms with Crippen LogP contribution in [0.25, 0.3) is 22.8 Å². The highest BCUT2D eigenvalue weighted by Crippen LogP contribution is 2.31. The summed E-state index contributed by atoms with van der Waals surface area (Å²) in [5, 5.41) is 0. The van der Waals surface area contributed by atoms with Gasteiger partial charge in [-0.15, -0.1) is 0 Å². The van der Waals surface area contributed by atoms with Gasteiger partial charge in [-0.05, 0) is 42.0 Å². The Kier molecular flexibility index (Phi) is 5.66. The monoisotopic (exact) mass is 444 g/mol. The number of aromatic nitrogens is 3. The second kappa shape index (κ2) is 8.91. The maximum Gasteiger partial charge on any atom is 0.256 e. The number of H-pyrrole nitrogens is 1. The quantitative estimate of drug-likeness (QED) is 0.485. The van der Waals surface area contributed by atoms with Crippen LogP contribution in [0.3, 0.4) is 0 Å². The Bertz CT molecular complexity index is 1310. The van der Waals surface area contributed by atoms with Gasteiger partial charge in [-0.2, -0.15) is 0 Å². The van der Waals surface area contributed by atoms with Gasteiger partial charge in [0.15, 0.2) is 23.1 Å². The van der Waals surface area contributed by atoms with Crippen LogP contribution in [-0.4, -0.2) is 40.6 Å². The first kappa shape index (κ1) is 21.0. The first-order valence-electron chi connectivity index (χ1n) is 10.7. The van der Waals surface area contributed by atoms with Crippen molar-refractivity contribution in [2.24, 2.45) is 0 Å². The molecule has 1 aliphatic heterocycles. The highest BCUT2D eigenvalue weighted by atomic mass is 16.5. The minimum absolute atomic E-state index is 0.113. The van der Waals surface area contributed by atoms with Crippen LogP contribution in [0.5, 0.6) is 11.5 Å². The molecule has 1 aliphatic rings. The van der Waals surface area contributed by atoms with Crippen molar-refractivity contribution in [3.05, 3.63) is 82.1 Å². The third-order valence-electron chi connectivity index (χ3n) is 5.81. The third kappa shape index (κ3) is 4.25. The number of aromatic amines is 1. The summed E-state index contributed by atoms with van der Waals surface area (Å²) in [6.45, 7) is 2.07. The van der Waals surface area contributed by atoms with E-state index in [4.69, 9.17) is 13.9 Å². The number of methoxy groups -OCH3 is 2. The van der Waals surface area contributed by atoms with E-state index in [2.05, 4.69) is 25.9 Å². The second-order valence-electron chi connectivity index (χ2n) is 7.90. The molecule has 0 atom stereocenters. The topological polar surface area (TPSA) is 93.5 Å². The first-order chi connectivity index (χ1) is 16.1. The standard InChI is InChI=1S/C25H24N4O4/c1-31-21-8-6-17(12-23(21)32-2)19-7-5-16(13-26-19)14-29-10-9-20-18(15-29)25(30)28-24(27-20)22-4-3-11-33-22/h3-8,11-13H,9-10,14-15H2,1-2H3,(H,27,28,30). The highest BCUT2D eigenvalue weighted by molar-refractivity contribution is 5.64. The number of hydrogen-bond acceptors (Lipinski definition) is 7. The molecule has 8 nitrogen and oxygen atoms in total. The van der Waals surface area contributed by atoms with Crippen LogP contribution in [0.1, 0.15) is 16.8 Å². The molecule has 3 aromatic heterocycles. The number of rotatable bonds is 6. The van der Waals surface area contributed by atoms with Crippen molar-refractivity contribution in [2.75, 3.05) is 20.8 Å². The Morgan fingerprint density at radius 3 is 2.73 bits per heavy atom. The number of ether oxygens (including phenoxy) is 2. The number of nitrogens with zero attached hydrogens (tertiary/aromatic N) is 3. The van der Waals surface area contributed by atoms with Gasteiger partial charge in [-0.1, -0.05) is 6.07 Å². The third-order valence-corrected chi connectivity index (χ3v) is 5.81.